The molecule has 1 aromatic rings. The summed E-state index contributed by atoms with van der Waals surface area (Å²) in [5, 5.41) is 0. The highest BCUT2D eigenvalue weighted by Gasteiger charge is 2.29. The Balaban J connectivity index is 2.48. The van der Waals surface area contributed by atoms with Crippen molar-refractivity contribution in [3.05, 3.63) is 53.3 Å². The van der Waals surface area contributed by atoms with Crippen molar-refractivity contribution in [1.82, 2.24) is 0 Å². The normalized spacial score (nSPS) is 18.3. The Morgan fingerprint density at radius 2 is 1.95 bits per heavy atom. The van der Waals surface area contributed by atoms with Gasteiger partial charge in [0, 0.05) is 0 Å². The van der Waals surface area contributed by atoms with Crippen molar-refractivity contribution >= 4 is 11.5 Å². The third-order valence-electron chi connectivity index (χ3n) is 3.49. The third kappa shape index (κ3) is 3.35. The fourth-order valence-electron chi connectivity index (χ4n) is 2.38. The van der Waals surface area contributed by atoms with Crippen molar-refractivity contribution in [2.45, 2.75) is 33.8 Å². The molecular weight excluding hydrogens is 264 g/mol. The van der Waals surface area contributed by atoms with Gasteiger partial charge in [0.1, 0.15) is 17.4 Å². The average Bonchev–Trinajstić information content (AvgIpc) is 2.47. The Labute approximate surface area is 126 Å². The van der Waals surface area contributed by atoms with E-state index in [4.69, 9.17) is 9.47 Å². The zero-order valence-electron chi connectivity index (χ0n) is 13.1. The van der Waals surface area contributed by atoms with E-state index in [0.29, 0.717) is 23.9 Å². The summed E-state index contributed by atoms with van der Waals surface area (Å²) in [7, 11) is 0. The number of benzene rings is 1. The maximum absolute atomic E-state index is 12.3. The highest BCUT2D eigenvalue weighted by molar-refractivity contribution is 6.07. The SMILES string of the molecule is CCOC(=O)C1=C(C)OC(C(C)C)C=C1c1ccccc1. The molecule has 0 bridgehead atoms. The van der Waals surface area contributed by atoms with Gasteiger partial charge in [0.2, 0.25) is 0 Å². The van der Waals surface area contributed by atoms with Crippen LogP contribution in [0, 0.1) is 5.92 Å². The summed E-state index contributed by atoms with van der Waals surface area (Å²) >= 11 is 0. The number of allylic oxidation sites excluding steroid dienone is 1. The van der Waals surface area contributed by atoms with Crippen LogP contribution < -0.4 is 0 Å². The second-order valence-corrected chi connectivity index (χ2v) is 5.42. The van der Waals surface area contributed by atoms with Gasteiger partial charge in [0.25, 0.3) is 0 Å². The summed E-state index contributed by atoms with van der Waals surface area (Å²) < 4.78 is 11.1. The van der Waals surface area contributed by atoms with Crippen molar-refractivity contribution in [2.75, 3.05) is 6.61 Å². The third-order valence-corrected chi connectivity index (χ3v) is 3.49. The lowest BCUT2D eigenvalue weighted by Gasteiger charge is -2.28. The molecule has 0 fully saturated rings. The summed E-state index contributed by atoms with van der Waals surface area (Å²) in [4.78, 5) is 12.3. The molecule has 0 aromatic heterocycles. The van der Waals surface area contributed by atoms with Crippen LogP contribution in [-0.2, 0) is 14.3 Å². The van der Waals surface area contributed by atoms with Gasteiger partial charge >= 0.3 is 5.97 Å². The number of esters is 1. The number of hydrogen-bond acceptors (Lipinski definition) is 3. The lowest BCUT2D eigenvalue weighted by molar-refractivity contribution is -0.138. The average molecular weight is 286 g/mol. The van der Waals surface area contributed by atoms with Crippen LogP contribution in [0.4, 0.5) is 0 Å². The minimum atomic E-state index is -0.327. The summed E-state index contributed by atoms with van der Waals surface area (Å²) in [5.74, 6) is 0.642. The molecule has 3 heteroatoms. The number of carbonyl (C=O) groups is 1. The molecule has 2 rings (SSSR count). The Bertz CT molecular complexity index is 567. The Hall–Kier alpha value is -2.03. The Morgan fingerprint density at radius 3 is 2.52 bits per heavy atom. The highest BCUT2D eigenvalue weighted by atomic mass is 16.5. The summed E-state index contributed by atoms with van der Waals surface area (Å²) in [6.07, 6.45) is 2.00. The Kier molecular flexibility index (Phi) is 4.84. The monoisotopic (exact) mass is 286 g/mol. The minimum Gasteiger partial charge on any atom is -0.490 e. The van der Waals surface area contributed by atoms with E-state index in [-0.39, 0.29) is 12.1 Å². The molecule has 1 aromatic carbocycles. The second-order valence-electron chi connectivity index (χ2n) is 5.42. The van der Waals surface area contributed by atoms with E-state index in [1.54, 1.807) is 6.92 Å². The molecule has 0 spiro atoms. The van der Waals surface area contributed by atoms with E-state index >= 15 is 0 Å². The van der Waals surface area contributed by atoms with Crippen molar-refractivity contribution < 1.29 is 14.3 Å². The van der Waals surface area contributed by atoms with E-state index in [1.807, 2.05) is 43.3 Å². The fraction of sp³-hybridized carbons (Fsp3) is 0.389. The van der Waals surface area contributed by atoms with Crippen LogP contribution in [0.5, 0.6) is 0 Å². The fourth-order valence-corrected chi connectivity index (χ4v) is 2.38. The summed E-state index contributed by atoms with van der Waals surface area (Å²) in [6, 6.07) is 9.90. The number of ether oxygens (including phenoxy) is 2. The molecule has 0 amide bonds. The zero-order chi connectivity index (χ0) is 15.4. The first-order valence-electron chi connectivity index (χ1n) is 7.36. The predicted octanol–water partition coefficient (Wildman–Crippen LogP) is 3.96. The van der Waals surface area contributed by atoms with Gasteiger partial charge in [0.15, 0.2) is 0 Å². The number of carbonyl (C=O) groups excluding carboxylic acids is 1. The number of rotatable bonds is 4. The molecule has 1 unspecified atom stereocenters. The first-order chi connectivity index (χ1) is 10.0. The smallest absolute Gasteiger partial charge is 0.342 e. The molecule has 1 aliphatic rings. The Morgan fingerprint density at radius 1 is 1.29 bits per heavy atom. The van der Waals surface area contributed by atoms with Crippen LogP contribution in [-0.4, -0.2) is 18.7 Å². The van der Waals surface area contributed by atoms with Crippen LogP contribution in [0.3, 0.4) is 0 Å². The highest BCUT2D eigenvalue weighted by Crippen LogP contribution is 2.34. The molecule has 1 heterocycles. The lowest BCUT2D eigenvalue weighted by atomic mass is 9.91. The first kappa shape index (κ1) is 15.4. The second kappa shape index (κ2) is 6.61. The van der Waals surface area contributed by atoms with Crippen LogP contribution >= 0.6 is 0 Å². The molecule has 0 N–H and O–H groups in total. The van der Waals surface area contributed by atoms with Crippen LogP contribution in [0.1, 0.15) is 33.3 Å². The van der Waals surface area contributed by atoms with Gasteiger partial charge in [-0.1, -0.05) is 44.2 Å². The molecule has 0 radical (unpaired) electrons. The minimum absolute atomic E-state index is 0.0293. The number of hydrogen-bond donors (Lipinski definition) is 0. The van der Waals surface area contributed by atoms with E-state index in [0.717, 1.165) is 11.1 Å². The zero-order valence-corrected chi connectivity index (χ0v) is 13.1. The van der Waals surface area contributed by atoms with Crippen LogP contribution in [0.15, 0.2) is 47.7 Å². The summed E-state index contributed by atoms with van der Waals surface area (Å²) in [5.41, 5.74) is 2.44. The van der Waals surface area contributed by atoms with Crippen molar-refractivity contribution in [3.63, 3.8) is 0 Å². The van der Waals surface area contributed by atoms with Gasteiger partial charge in [-0.15, -0.1) is 0 Å². The van der Waals surface area contributed by atoms with Crippen molar-refractivity contribution in [3.8, 4) is 0 Å². The molecular formula is C18H22O3. The molecule has 0 aliphatic carbocycles. The quantitative estimate of drug-likeness (QED) is 0.786. The maximum atomic E-state index is 12.3. The predicted molar refractivity (Wildman–Crippen MR) is 83.5 cm³/mol. The lowest BCUT2D eigenvalue weighted by Crippen LogP contribution is -2.24. The van der Waals surface area contributed by atoms with E-state index < -0.39 is 0 Å². The molecule has 0 saturated carbocycles. The van der Waals surface area contributed by atoms with Crippen LogP contribution in [0.25, 0.3) is 5.57 Å². The van der Waals surface area contributed by atoms with Gasteiger partial charge in [0.05, 0.1) is 6.61 Å². The first-order valence-corrected chi connectivity index (χ1v) is 7.36. The molecule has 21 heavy (non-hydrogen) atoms. The van der Waals surface area contributed by atoms with Gasteiger partial charge in [-0.3, -0.25) is 0 Å². The van der Waals surface area contributed by atoms with Gasteiger partial charge < -0.3 is 9.47 Å². The van der Waals surface area contributed by atoms with Crippen molar-refractivity contribution in [2.24, 2.45) is 5.92 Å². The summed E-state index contributed by atoms with van der Waals surface area (Å²) in [6.45, 7) is 8.20. The largest absolute Gasteiger partial charge is 0.490 e. The van der Waals surface area contributed by atoms with E-state index in [2.05, 4.69) is 13.8 Å². The van der Waals surface area contributed by atoms with Crippen LogP contribution in [0.2, 0.25) is 0 Å². The standard InChI is InChI=1S/C18H22O3/c1-5-20-18(19)17-13(4)21-16(12(2)3)11-15(17)14-9-7-6-8-10-14/h6-12,16H,5H2,1-4H3. The molecule has 3 nitrogen and oxygen atoms in total. The topological polar surface area (TPSA) is 35.5 Å². The van der Waals surface area contributed by atoms with Gasteiger partial charge in [-0.25, -0.2) is 4.79 Å². The van der Waals surface area contributed by atoms with Gasteiger partial charge in [-0.2, -0.15) is 0 Å². The van der Waals surface area contributed by atoms with E-state index in [1.165, 1.54) is 0 Å². The molecule has 112 valence electrons. The van der Waals surface area contributed by atoms with Gasteiger partial charge in [-0.05, 0) is 37.0 Å². The maximum Gasteiger partial charge on any atom is 0.342 e. The molecule has 0 saturated heterocycles. The van der Waals surface area contributed by atoms with E-state index in [9.17, 15) is 4.79 Å². The molecule has 1 atom stereocenters. The molecule has 1 aliphatic heterocycles. The van der Waals surface area contributed by atoms with Crippen molar-refractivity contribution in [1.29, 1.82) is 0 Å².